The van der Waals surface area contributed by atoms with Gasteiger partial charge in [0.1, 0.15) is 0 Å². The van der Waals surface area contributed by atoms with E-state index in [0.717, 1.165) is 37.4 Å². The lowest BCUT2D eigenvalue weighted by Gasteiger charge is -2.33. The molecule has 1 aliphatic heterocycles. The molecule has 1 amide bonds. The molecule has 3 N–H and O–H groups in total. The second-order valence-electron chi connectivity index (χ2n) is 4.49. The number of nitrogens with one attached hydrogen (secondary N) is 1. The molecule has 0 aliphatic carbocycles. The van der Waals surface area contributed by atoms with E-state index in [1.54, 1.807) is 19.3 Å². The Labute approximate surface area is 107 Å². The first kappa shape index (κ1) is 12.8. The number of rotatable bonds is 3. The van der Waals surface area contributed by atoms with E-state index in [2.05, 4.69) is 20.2 Å². The fraction of sp³-hybridized carbons (Fsp3) is 0.583. The summed E-state index contributed by atoms with van der Waals surface area (Å²) in [5.41, 5.74) is 6.49. The molecule has 0 unspecified atom stereocenters. The lowest BCUT2D eigenvalue weighted by molar-refractivity contribution is -0.119. The summed E-state index contributed by atoms with van der Waals surface area (Å²) in [6.07, 6.45) is 5.21. The lowest BCUT2D eigenvalue weighted by Crippen LogP contribution is -2.44. The third-order valence-corrected chi connectivity index (χ3v) is 3.15. The van der Waals surface area contributed by atoms with Gasteiger partial charge in [-0.2, -0.15) is 0 Å². The predicted octanol–water partition coefficient (Wildman–Crippen LogP) is 0.0402. The fourth-order valence-electron chi connectivity index (χ4n) is 2.29. The minimum absolute atomic E-state index is 0.0376. The Bertz CT molecular complexity index is 415. The van der Waals surface area contributed by atoms with Crippen molar-refractivity contribution in [3.63, 3.8) is 0 Å². The second-order valence-corrected chi connectivity index (χ2v) is 4.49. The van der Waals surface area contributed by atoms with E-state index >= 15 is 0 Å². The summed E-state index contributed by atoms with van der Waals surface area (Å²) in [7, 11) is 0. The van der Waals surface area contributed by atoms with Crippen molar-refractivity contribution in [2.45, 2.75) is 32.4 Å². The van der Waals surface area contributed by atoms with Crippen LogP contribution in [0.15, 0.2) is 12.4 Å². The fourth-order valence-corrected chi connectivity index (χ4v) is 2.29. The Kier molecular flexibility index (Phi) is 4.09. The van der Waals surface area contributed by atoms with Crippen LogP contribution >= 0.6 is 0 Å². The number of carbonyl (C=O) groups excluding carboxylic acids is 1. The third kappa shape index (κ3) is 2.95. The summed E-state index contributed by atoms with van der Waals surface area (Å²) in [6.45, 7) is 3.70. The van der Waals surface area contributed by atoms with Gasteiger partial charge in [-0.25, -0.2) is 4.98 Å². The van der Waals surface area contributed by atoms with Crippen molar-refractivity contribution in [2.75, 3.05) is 18.0 Å². The highest BCUT2D eigenvalue weighted by Gasteiger charge is 2.22. The maximum absolute atomic E-state index is 11.0. The van der Waals surface area contributed by atoms with E-state index in [-0.39, 0.29) is 11.9 Å². The molecule has 1 aliphatic rings. The van der Waals surface area contributed by atoms with Crippen LogP contribution in [0, 0.1) is 0 Å². The van der Waals surface area contributed by atoms with Gasteiger partial charge in [0.25, 0.3) is 0 Å². The average Bonchev–Trinajstić information content (AvgIpc) is 2.39. The molecule has 0 aromatic carbocycles. The SMILES string of the molecule is CC(=O)NC1CCN(c2nccnc2CN)CC1. The van der Waals surface area contributed by atoms with Crippen molar-refractivity contribution in [1.82, 2.24) is 15.3 Å². The van der Waals surface area contributed by atoms with Gasteiger partial charge in [0.2, 0.25) is 5.91 Å². The Hall–Kier alpha value is -1.69. The van der Waals surface area contributed by atoms with Crippen LogP contribution in [0.1, 0.15) is 25.5 Å². The Morgan fingerprint density at radius 1 is 1.44 bits per heavy atom. The molecule has 2 rings (SSSR count). The second kappa shape index (κ2) is 5.77. The number of carbonyl (C=O) groups is 1. The zero-order chi connectivity index (χ0) is 13.0. The number of amides is 1. The monoisotopic (exact) mass is 249 g/mol. The number of nitrogens with zero attached hydrogens (tertiary/aromatic N) is 3. The summed E-state index contributed by atoms with van der Waals surface area (Å²) in [6, 6.07) is 0.275. The number of hydrogen-bond donors (Lipinski definition) is 2. The van der Waals surface area contributed by atoms with Crippen molar-refractivity contribution < 1.29 is 4.79 Å². The number of aromatic nitrogens is 2. The van der Waals surface area contributed by atoms with Gasteiger partial charge in [-0.15, -0.1) is 0 Å². The molecular weight excluding hydrogens is 230 g/mol. The number of hydrogen-bond acceptors (Lipinski definition) is 5. The molecule has 0 saturated carbocycles. The van der Waals surface area contributed by atoms with Gasteiger partial charge >= 0.3 is 0 Å². The molecule has 1 aromatic rings. The molecule has 0 radical (unpaired) electrons. The molecule has 0 spiro atoms. The first-order valence-electron chi connectivity index (χ1n) is 6.22. The van der Waals surface area contributed by atoms with Crippen LogP contribution in [0.25, 0.3) is 0 Å². The highest BCUT2D eigenvalue weighted by molar-refractivity contribution is 5.73. The minimum atomic E-state index is 0.0376. The molecule has 6 heteroatoms. The molecule has 18 heavy (non-hydrogen) atoms. The standard InChI is InChI=1S/C12H19N5O/c1-9(18)16-10-2-6-17(7-3-10)12-11(8-13)14-4-5-15-12/h4-5,10H,2-3,6-8,13H2,1H3,(H,16,18). The van der Waals surface area contributed by atoms with Crippen LogP contribution in [0.4, 0.5) is 5.82 Å². The number of nitrogens with two attached hydrogens (primary N) is 1. The molecule has 6 nitrogen and oxygen atoms in total. The van der Waals surface area contributed by atoms with Crippen molar-refractivity contribution >= 4 is 11.7 Å². The molecule has 0 bridgehead atoms. The molecule has 1 aromatic heterocycles. The highest BCUT2D eigenvalue weighted by Crippen LogP contribution is 2.20. The average molecular weight is 249 g/mol. The summed E-state index contributed by atoms with van der Waals surface area (Å²) in [4.78, 5) is 21.8. The van der Waals surface area contributed by atoms with Gasteiger partial charge in [-0.3, -0.25) is 9.78 Å². The first-order chi connectivity index (χ1) is 8.70. The smallest absolute Gasteiger partial charge is 0.217 e. The quantitative estimate of drug-likeness (QED) is 0.790. The maximum atomic E-state index is 11.0. The van der Waals surface area contributed by atoms with Gasteiger partial charge in [0.05, 0.1) is 5.69 Å². The van der Waals surface area contributed by atoms with Crippen molar-refractivity contribution in [2.24, 2.45) is 5.73 Å². The topological polar surface area (TPSA) is 84.1 Å². The summed E-state index contributed by atoms with van der Waals surface area (Å²) < 4.78 is 0. The van der Waals surface area contributed by atoms with Gasteiger partial charge in [0, 0.05) is 45.0 Å². The van der Waals surface area contributed by atoms with E-state index in [9.17, 15) is 4.79 Å². The van der Waals surface area contributed by atoms with Gasteiger partial charge in [-0.1, -0.05) is 0 Å². The van der Waals surface area contributed by atoms with Crippen LogP contribution in [0.5, 0.6) is 0 Å². The minimum Gasteiger partial charge on any atom is -0.355 e. The third-order valence-electron chi connectivity index (χ3n) is 3.15. The van der Waals surface area contributed by atoms with E-state index in [1.807, 2.05) is 0 Å². The molecule has 2 heterocycles. The summed E-state index contributed by atoms with van der Waals surface area (Å²) in [5.74, 6) is 0.914. The number of anilines is 1. The zero-order valence-electron chi connectivity index (χ0n) is 10.6. The van der Waals surface area contributed by atoms with Gasteiger partial charge < -0.3 is 16.0 Å². The first-order valence-corrected chi connectivity index (χ1v) is 6.22. The Balaban J connectivity index is 1.99. The van der Waals surface area contributed by atoms with Crippen molar-refractivity contribution in [3.05, 3.63) is 18.1 Å². The van der Waals surface area contributed by atoms with E-state index < -0.39 is 0 Å². The van der Waals surface area contributed by atoms with Crippen molar-refractivity contribution in [3.8, 4) is 0 Å². The van der Waals surface area contributed by atoms with Gasteiger partial charge in [0.15, 0.2) is 5.82 Å². The van der Waals surface area contributed by atoms with Crippen LogP contribution in [-0.4, -0.2) is 35.0 Å². The highest BCUT2D eigenvalue weighted by atomic mass is 16.1. The summed E-state index contributed by atoms with van der Waals surface area (Å²) in [5, 5.41) is 2.96. The normalized spacial score (nSPS) is 16.7. The zero-order valence-corrected chi connectivity index (χ0v) is 10.6. The molecule has 0 atom stereocenters. The number of piperidine rings is 1. The molecule has 98 valence electrons. The molecule has 1 fully saturated rings. The van der Waals surface area contributed by atoms with E-state index in [1.165, 1.54) is 0 Å². The Morgan fingerprint density at radius 2 is 2.11 bits per heavy atom. The maximum Gasteiger partial charge on any atom is 0.217 e. The van der Waals surface area contributed by atoms with E-state index in [0.29, 0.717) is 6.54 Å². The lowest BCUT2D eigenvalue weighted by atomic mass is 10.0. The summed E-state index contributed by atoms with van der Waals surface area (Å²) >= 11 is 0. The van der Waals surface area contributed by atoms with Crippen LogP contribution < -0.4 is 16.0 Å². The van der Waals surface area contributed by atoms with Crippen LogP contribution in [-0.2, 0) is 11.3 Å². The Morgan fingerprint density at radius 3 is 2.72 bits per heavy atom. The van der Waals surface area contributed by atoms with Crippen LogP contribution in [0.2, 0.25) is 0 Å². The van der Waals surface area contributed by atoms with E-state index in [4.69, 9.17) is 5.73 Å². The van der Waals surface area contributed by atoms with Crippen molar-refractivity contribution in [1.29, 1.82) is 0 Å². The molecular formula is C12H19N5O. The largest absolute Gasteiger partial charge is 0.355 e. The molecule has 1 saturated heterocycles. The van der Waals surface area contributed by atoms with Gasteiger partial charge in [-0.05, 0) is 12.8 Å². The predicted molar refractivity (Wildman–Crippen MR) is 69.0 cm³/mol. The van der Waals surface area contributed by atoms with Crippen LogP contribution in [0.3, 0.4) is 0 Å².